The van der Waals surface area contributed by atoms with Gasteiger partial charge in [-0.25, -0.2) is 0 Å². The monoisotopic (exact) mass is 231 g/mol. The fourth-order valence-corrected chi connectivity index (χ4v) is 3.03. The molecule has 0 saturated heterocycles. The zero-order valence-electron chi connectivity index (χ0n) is 11.7. The highest BCUT2D eigenvalue weighted by Gasteiger charge is 2.32. The van der Waals surface area contributed by atoms with Gasteiger partial charge < -0.3 is 0 Å². The maximum atomic E-state index is 2.61. The molecule has 0 aromatic carbocycles. The van der Waals surface area contributed by atoms with Crippen LogP contribution >= 0.6 is 11.8 Å². The second kappa shape index (κ2) is 6.15. The molecule has 0 aliphatic rings. The average molecular weight is 231 g/mol. The topological polar surface area (TPSA) is 3.24 Å². The van der Waals surface area contributed by atoms with Gasteiger partial charge in [0.05, 0.1) is 0 Å². The van der Waals surface area contributed by atoms with Crippen molar-refractivity contribution in [1.82, 2.24) is 4.90 Å². The lowest BCUT2D eigenvalue weighted by Crippen LogP contribution is -2.53. The molecule has 2 heteroatoms. The highest BCUT2D eigenvalue weighted by molar-refractivity contribution is 7.98. The highest BCUT2D eigenvalue weighted by atomic mass is 32.2. The first kappa shape index (κ1) is 15.3. The third-order valence-corrected chi connectivity index (χ3v) is 3.69. The summed E-state index contributed by atoms with van der Waals surface area (Å²) in [5.74, 6) is 1.28. The molecule has 0 radical (unpaired) electrons. The standard InChI is InChI=1S/C13H29NS/c1-8-14(12(2,3)4)13(5,6)10-9-11-15-7/h8-11H2,1-7H3. The summed E-state index contributed by atoms with van der Waals surface area (Å²) in [7, 11) is 0. The minimum Gasteiger partial charge on any atom is -0.294 e. The lowest BCUT2D eigenvalue weighted by atomic mass is 9.90. The Kier molecular flexibility index (Phi) is 6.27. The third kappa shape index (κ3) is 5.26. The van der Waals surface area contributed by atoms with Crippen molar-refractivity contribution >= 4 is 11.8 Å². The summed E-state index contributed by atoms with van der Waals surface area (Å²) in [5, 5.41) is 0. The minimum absolute atomic E-state index is 0.275. The first-order valence-electron chi connectivity index (χ1n) is 6.02. The first-order valence-corrected chi connectivity index (χ1v) is 7.41. The largest absolute Gasteiger partial charge is 0.294 e. The first-order chi connectivity index (χ1) is 6.75. The van der Waals surface area contributed by atoms with Crippen molar-refractivity contribution in [3.05, 3.63) is 0 Å². The smallest absolute Gasteiger partial charge is 0.0158 e. The zero-order valence-corrected chi connectivity index (χ0v) is 12.5. The van der Waals surface area contributed by atoms with Crippen LogP contribution in [0.3, 0.4) is 0 Å². The molecule has 15 heavy (non-hydrogen) atoms. The van der Waals surface area contributed by atoms with Crippen LogP contribution in [0.25, 0.3) is 0 Å². The van der Waals surface area contributed by atoms with Crippen LogP contribution in [0.1, 0.15) is 54.4 Å². The van der Waals surface area contributed by atoms with Crippen LogP contribution in [0.5, 0.6) is 0 Å². The van der Waals surface area contributed by atoms with Gasteiger partial charge in [-0.3, -0.25) is 4.90 Å². The molecule has 0 aliphatic carbocycles. The van der Waals surface area contributed by atoms with Crippen molar-refractivity contribution in [1.29, 1.82) is 0 Å². The molecule has 0 aromatic rings. The predicted octanol–water partition coefficient (Wildman–Crippen LogP) is 4.03. The number of hydrogen-bond donors (Lipinski definition) is 0. The van der Waals surface area contributed by atoms with Crippen LogP contribution < -0.4 is 0 Å². The van der Waals surface area contributed by atoms with Crippen molar-refractivity contribution in [2.24, 2.45) is 0 Å². The van der Waals surface area contributed by atoms with E-state index in [0.717, 1.165) is 6.54 Å². The quantitative estimate of drug-likeness (QED) is 0.635. The Bertz CT molecular complexity index is 170. The minimum atomic E-state index is 0.275. The Morgan fingerprint density at radius 2 is 1.60 bits per heavy atom. The van der Waals surface area contributed by atoms with Gasteiger partial charge in [0, 0.05) is 11.1 Å². The van der Waals surface area contributed by atoms with Gasteiger partial charge in [0.15, 0.2) is 0 Å². The summed E-state index contributed by atoms with van der Waals surface area (Å²) in [6.07, 6.45) is 4.80. The molecule has 0 bridgehead atoms. The second-order valence-electron chi connectivity index (χ2n) is 5.82. The molecule has 0 heterocycles. The Labute approximate surface area is 101 Å². The molecule has 0 unspecified atom stereocenters. The molecule has 0 fully saturated rings. The fraction of sp³-hybridized carbons (Fsp3) is 1.00. The SMILES string of the molecule is CCN(C(C)(C)C)C(C)(C)CCCSC. The Morgan fingerprint density at radius 1 is 1.07 bits per heavy atom. The maximum Gasteiger partial charge on any atom is 0.0158 e. The van der Waals surface area contributed by atoms with E-state index in [-0.39, 0.29) is 5.54 Å². The molecule has 0 atom stereocenters. The summed E-state index contributed by atoms with van der Waals surface area (Å²) in [6.45, 7) is 15.1. The van der Waals surface area contributed by atoms with Gasteiger partial charge in [0.2, 0.25) is 0 Å². The second-order valence-corrected chi connectivity index (χ2v) is 6.81. The Morgan fingerprint density at radius 3 is 1.93 bits per heavy atom. The third-order valence-electron chi connectivity index (χ3n) is 2.99. The summed E-state index contributed by atoms with van der Waals surface area (Å²) in [5.41, 5.74) is 0.598. The molecule has 0 saturated carbocycles. The molecule has 0 spiro atoms. The fourth-order valence-electron chi connectivity index (χ4n) is 2.59. The Hall–Kier alpha value is 0.310. The van der Waals surface area contributed by atoms with Crippen LogP contribution in [0.15, 0.2) is 0 Å². The number of rotatable bonds is 6. The number of thioether (sulfide) groups is 1. The summed E-state index contributed by atoms with van der Waals surface area (Å²) in [6, 6.07) is 0. The van der Waals surface area contributed by atoms with Crippen LogP contribution in [-0.2, 0) is 0 Å². The zero-order chi connectivity index (χ0) is 12.1. The molecule has 0 N–H and O–H groups in total. The van der Waals surface area contributed by atoms with Crippen molar-refractivity contribution in [3.8, 4) is 0 Å². The van der Waals surface area contributed by atoms with E-state index >= 15 is 0 Å². The lowest BCUT2D eigenvalue weighted by molar-refractivity contribution is 0.0268. The molecule has 0 rings (SSSR count). The maximum absolute atomic E-state index is 2.61. The van der Waals surface area contributed by atoms with E-state index in [9.17, 15) is 0 Å². The van der Waals surface area contributed by atoms with Gasteiger partial charge in [-0.1, -0.05) is 6.92 Å². The van der Waals surface area contributed by atoms with Crippen molar-refractivity contribution < 1.29 is 0 Å². The summed E-state index contributed by atoms with van der Waals surface area (Å²) in [4.78, 5) is 2.61. The number of hydrogen-bond acceptors (Lipinski definition) is 2. The average Bonchev–Trinajstić information content (AvgIpc) is 2.01. The van der Waals surface area contributed by atoms with Crippen molar-refractivity contribution in [2.45, 2.75) is 65.5 Å². The normalized spacial score (nSPS) is 13.6. The van der Waals surface area contributed by atoms with Crippen LogP contribution in [0.2, 0.25) is 0 Å². The predicted molar refractivity (Wildman–Crippen MR) is 73.8 cm³/mol. The van der Waals surface area contributed by atoms with Crippen molar-refractivity contribution in [2.75, 3.05) is 18.6 Å². The molecule has 92 valence electrons. The van der Waals surface area contributed by atoms with E-state index in [1.165, 1.54) is 18.6 Å². The van der Waals surface area contributed by atoms with E-state index in [1.807, 2.05) is 11.8 Å². The van der Waals surface area contributed by atoms with E-state index < -0.39 is 0 Å². The molecular weight excluding hydrogens is 202 g/mol. The van der Waals surface area contributed by atoms with Gasteiger partial charge >= 0.3 is 0 Å². The summed E-state index contributed by atoms with van der Waals surface area (Å²) < 4.78 is 0. The molecule has 0 aliphatic heterocycles. The lowest BCUT2D eigenvalue weighted by Gasteiger charge is -2.47. The molecular formula is C13H29NS. The van der Waals surface area contributed by atoms with E-state index in [4.69, 9.17) is 0 Å². The van der Waals surface area contributed by atoms with Crippen LogP contribution in [0, 0.1) is 0 Å². The molecule has 0 amide bonds. The van der Waals surface area contributed by atoms with Crippen molar-refractivity contribution in [3.63, 3.8) is 0 Å². The van der Waals surface area contributed by atoms with Gasteiger partial charge in [-0.05, 0) is 66.0 Å². The number of nitrogens with zero attached hydrogens (tertiary/aromatic N) is 1. The van der Waals surface area contributed by atoms with Gasteiger partial charge in [-0.15, -0.1) is 0 Å². The Balaban J connectivity index is 4.38. The molecule has 1 nitrogen and oxygen atoms in total. The van der Waals surface area contributed by atoms with Crippen LogP contribution in [-0.4, -0.2) is 34.5 Å². The van der Waals surface area contributed by atoms with Gasteiger partial charge in [-0.2, -0.15) is 11.8 Å². The van der Waals surface area contributed by atoms with Gasteiger partial charge in [0.25, 0.3) is 0 Å². The summed E-state index contributed by atoms with van der Waals surface area (Å²) >= 11 is 1.95. The van der Waals surface area contributed by atoms with E-state index in [0.29, 0.717) is 5.54 Å². The van der Waals surface area contributed by atoms with Crippen LogP contribution in [0.4, 0.5) is 0 Å². The molecule has 0 aromatic heterocycles. The van der Waals surface area contributed by atoms with Gasteiger partial charge in [0.1, 0.15) is 0 Å². The highest BCUT2D eigenvalue weighted by Crippen LogP contribution is 2.28. The van der Waals surface area contributed by atoms with E-state index in [1.54, 1.807) is 0 Å². The van der Waals surface area contributed by atoms with E-state index in [2.05, 4.69) is 52.7 Å².